The first-order valence-electron chi connectivity index (χ1n) is 9.34. The van der Waals surface area contributed by atoms with E-state index in [4.69, 9.17) is 5.73 Å². The van der Waals surface area contributed by atoms with Crippen molar-refractivity contribution in [1.82, 2.24) is 14.6 Å². The lowest BCUT2D eigenvalue weighted by Gasteiger charge is -2.30. The number of aryl methyl sites for hydroxylation is 1. The maximum atomic E-state index is 12.8. The van der Waals surface area contributed by atoms with Gasteiger partial charge in [0.25, 0.3) is 11.8 Å². The molecule has 1 saturated heterocycles. The number of amides is 2. The number of nitrogens with zero attached hydrogens (tertiary/aromatic N) is 4. The van der Waals surface area contributed by atoms with Gasteiger partial charge in [0, 0.05) is 31.0 Å². The van der Waals surface area contributed by atoms with Crippen LogP contribution in [0.25, 0.3) is 5.65 Å². The van der Waals surface area contributed by atoms with E-state index in [9.17, 15) is 9.59 Å². The van der Waals surface area contributed by atoms with Gasteiger partial charge in [0.05, 0.1) is 28.7 Å². The molecule has 3 N–H and O–H groups in total. The van der Waals surface area contributed by atoms with E-state index in [1.165, 1.54) is 6.42 Å². The van der Waals surface area contributed by atoms with Gasteiger partial charge in [0.15, 0.2) is 5.65 Å². The maximum Gasteiger partial charge on any atom is 0.259 e. The van der Waals surface area contributed by atoms with E-state index < -0.39 is 5.91 Å². The van der Waals surface area contributed by atoms with Crippen molar-refractivity contribution in [3.63, 3.8) is 0 Å². The molecule has 0 saturated carbocycles. The molecule has 3 aromatic rings. The van der Waals surface area contributed by atoms with E-state index >= 15 is 0 Å². The van der Waals surface area contributed by atoms with Crippen molar-refractivity contribution in [2.45, 2.75) is 26.2 Å². The molecule has 2 aromatic heterocycles. The quantitative estimate of drug-likeness (QED) is 0.725. The summed E-state index contributed by atoms with van der Waals surface area (Å²) < 4.78 is 1.57. The van der Waals surface area contributed by atoms with Gasteiger partial charge in [-0.15, -0.1) is 0 Å². The van der Waals surface area contributed by atoms with E-state index in [-0.39, 0.29) is 5.91 Å². The van der Waals surface area contributed by atoms with Crippen molar-refractivity contribution in [1.29, 1.82) is 0 Å². The van der Waals surface area contributed by atoms with Crippen molar-refractivity contribution in [3.05, 3.63) is 53.5 Å². The topological polar surface area (TPSA) is 106 Å². The molecule has 0 atom stereocenters. The maximum absolute atomic E-state index is 12.8. The molecule has 28 heavy (non-hydrogen) atoms. The Morgan fingerprint density at radius 1 is 1.11 bits per heavy atom. The van der Waals surface area contributed by atoms with Crippen molar-refractivity contribution >= 4 is 28.8 Å². The number of hydrogen-bond acceptors (Lipinski definition) is 5. The Morgan fingerprint density at radius 2 is 1.89 bits per heavy atom. The average molecular weight is 378 g/mol. The third kappa shape index (κ3) is 3.40. The van der Waals surface area contributed by atoms with Crippen LogP contribution in [0.15, 0.2) is 36.7 Å². The molecule has 1 aromatic carbocycles. The molecule has 3 heterocycles. The van der Waals surface area contributed by atoms with E-state index in [2.05, 4.69) is 20.3 Å². The van der Waals surface area contributed by atoms with Gasteiger partial charge in [0.1, 0.15) is 0 Å². The number of fused-ring (bicyclic) bond motifs is 1. The van der Waals surface area contributed by atoms with Crippen LogP contribution in [0.5, 0.6) is 0 Å². The Kier molecular flexibility index (Phi) is 4.68. The summed E-state index contributed by atoms with van der Waals surface area (Å²) >= 11 is 0. The monoisotopic (exact) mass is 378 g/mol. The van der Waals surface area contributed by atoms with E-state index in [1.54, 1.807) is 42.0 Å². The van der Waals surface area contributed by atoms with Crippen LogP contribution in [-0.2, 0) is 0 Å². The minimum Gasteiger partial charge on any atom is -0.371 e. The van der Waals surface area contributed by atoms with Crippen molar-refractivity contribution in [2.75, 3.05) is 23.3 Å². The minimum absolute atomic E-state index is 0.279. The average Bonchev–Trinajstić information content (AvgIpc) is 3.15. The van der Waals surface area contributed by atoms with Gasteiger partial charge in [-0.1, -0.05) is 0 Å². The number of hydrogen-bond donors (Lipinski definition) is 2. The highest BCUT2D eigenvalue weighted by molar-refractivity contribution is 6.06. The third-order valence-corrected chi connectivity index (χ3v) is 5.04. The fourth-order valence-electron chi connectivity index (χ4n) is 3.58. The van der Waals surface area contributed by atoms with Gasteiger partial charge < -0.3 is 16.0 Å². The fourth-order valence-corrected chi connectivity index (χ4v) is 3.58. The Morgan fingerprint density at radius 3 is 2.64 bits per heavy atom. The predicted molar refractivity (Wildman–Crippen MR) is 107 cm³/mol. The summed E-state index contributed by atoms with van der Waals surface area (Å²) in [6.07, 6.45) is 6.63. The summed E-state index contributed by atoms with van der Waals surface area (Å²) in [6, 6.07) is 6.96. The first kappa shape index (κ1) is 18.0. The van der Waals surface area contributed by atoms with Crippen LogP contribution in [0.3, 0.4) is 0 Å². The van der Waals surface area contributed by atoms with Crippen LogP contribution in [0.2, 0.25) is 0 Å². The molecular formula is C20H22N6O2. The number of benzene rings is 1. The number of piperidine rings is 1. The molecule has 8 nitrogen and oxygen atoms in total. The van der Waals surface area contributed by atoms with Crippen LogP contribution in [0.1, 0.15) is 45.7 Å². The van der Waals surface area contributed by atoms with E-state index in [1.807, 2.05) is 6.07 Å². The van der Waals surface area contributed by atoms with Crippen LogP contribution >= 0.6 is 0 Å². The molecule has 1 aliphatic rings. The van der Waals surface area contributed by atoms with Crippen molar-refractivity contribution in [3.8, 4) is 0 Å². The molecule has 4 rings (SSSR count). The van der Waals surface area contributed by atoms with Crippen LogP contribution < -0.4 is 16.0 Å². The van der Waals surface area contributed by atoms with E-state index in [0.717, 1.165) is 31.6 Å². The number of carbonyl (C=O) groups is 2. The molecule has 0 aliphatic carbocycles. The second kappa shape index (κ2) is 7.30. The van der Waals surface area contributed by atoms with Gasteiger partial charge in [-0.3, -0.25) is 9.59 Å². The third-order valence-electron chi connectivity index (χ3n) is 5.04. The Labute approximate surface area is 162 Å². The first-order valence-corrected chi connectivity index (χ1v) is 9.34. The summed E-state index contributed by atoms with van der Waals surface area (Å²) in [5.41, 5.74) is 9.14. The van der Waals surface area contributed by atoms with Gasteiger partial charge in [-0.25, -0.2) is 9.50 Å². The van der Waals surface area contributed by atoms with Gasteiger partial charge in [0.2, 0.25) is 0 Å². The Hall–Kier alpha value is -3.42. The Balaban J connectivity index is 1.64. The van der Waals surface area contributed by atoms with Crippen LogP contribution in [0, 0.1) is 6.92 Å². The Bertz CT molecular complexity index is 1050. The largest absolute Gasteiger partial charge is 0.371 e. The molecule has 0 radical (unpaired) electrons. The van der Waals surface area contributed by atoms with Gasteiger partial charge in [-0.05, 0) is 44.4 Å². The molecule has 1 fully saturated rings. The zero-order valence-corrected chi connectivity index (χ0v) is 15.7. The minimum atomic E-state index is -0.470. The zero-order valence-electron chi connectivity index (χ0n) is 15.7. The first-order chi connectivity index (χ1) is 13.5. The summed E-state index contributed by atoms with van der Waals surface area (Å²) in [4.78, 5) is 31.2. The number of nitrogens with two attached hydrogens (primary N) is 1. The predicted octanol–water partition coefficient (Wildman–Crippen LogP) is 2.38. The number of nitrogens with one attached hydrogen (secondary N) is 1. The number of anilines is 2. The highest BCUT2D eigenvalue weighted by Crippen LogP contribution is 2.28. The molecule has 0 unspecified atom stereocenters. The SMILES string of the molecule is Cc1nc2ccnn2cc1C(=O)Nc1ccc(C(N)=O)c(N2CCCCC2)c1. The van der Waals surface area contributed by atoms with Gasteiger partial charge in [-0.2, -0.15) is 5.10 Å². The number of aromatic nitrogens is 3. The second-order valence-corrected chi connectivity index (χ2v) is 6.97. The molecule has 0 spiro atoms. The molecule has 2 amide bonds. The molecule has 0 bridgehead atoms. The number of carbonyl (C=O) groups excluding carboxylic acids is 2. The number of primary amides is 1. The summed E-state index contributed by atoms with van der Waals surface area (Å²) in [6.45, 7) is 3.53. The molecule has 8 heteroatoms. The lowest BCUT2D eigenvalue weighted by molar-refractivity contribution is 0.0998. The van der Waals surface area contributed by atoms with Crippen molar-refractivity contribution < 1.29 is 9.59 Å². The van der Waals surface area contributed by atoms with Crippen LogP contribution in [-0.4, -0.2) is 39.5 Å². The standard InChI is InChI=1S/C20H22N6O2/c1-13-16(12-26-18(23-13)7-8-22-26)20(28)24-14-5-6-15(19(21)27)17(11-14)25-9-3-2-4-10-25/h5-8,11-12H,2-4,9-10H2,1H3,(H2,21,27)(H,24,28). The smallest absolute Gasteiger partial charge is 0.259 e. The zero-order chi connectivity index (χ0) is 19.7. The van der Waals surface area contributed by atoms with Crippen LogP contribution in [0.4, 0.5) is 11.4 Å². The van der Waals surface area contributed by atoms with E-state index in [0.29, 0.717) is 28.2 Å². The summed E-state index contributed by atoms with van der Waals surface area (Å²) in [7, 11) is 0. The number of rotatable bonds is 4. The molecule has 144 valence electrons. The highest BCUT2D eigenvalue weighted by atomic mass is 16.2. The molecule has 1 aliphatic heterocycles. The summed E-state index contributed by atoms with van der Waals surface area (Å²) in [5.74, 6) is -0.749. The molecular weight excluding hydrogens is 356 g/mol. The van der Waals surface area contributed by atoms with Crippen molar-refractivity contribution in [2.24, 2.45) is 5.73 Å². The second-order valence-electron chi connectivity index (χ2n) is 6.97. The summed E-state index contributed by atoms with van der Waals surface area (Å²) in [5, 5.41) is 7.04. The fraction of sp³-hybridized carbons (Fsp3) is 0.300. The lowest BCUT2D eigenvalue weighted by atomic mass is 10.1. The van der Waals surface area contributed by atoms with Gasteiger partial charge >= 0.3 is 0 Å². The highest BCUT2D eigenvalue weighted by Gasteiger charge is 2.19. The normalized spacial score (nSPS) is 14.2. The lowest BCUT2D eigenvalue weighted by Crippen LogP contribution is -2.31.